The molecule has 0 spiro atoms. The zero-order chi connectivity index (χ0) is 19.2. The van der Waals surface area contributed by atoms with Crippen molar-refractivity contribution in [2.24, 2.45) is 0 Å². The quantitative estimate of drug-likeness (QED) is 0.527. The molecule has 2 aromatic carbocycles. The molecule has 0 radical (unpaired) electrons. The van der Waals surface area contributed by atoms with Gasteiger partial charge in [-0.15, -0.1) is 0 Å². The number of benzene rings is 2. The molecule has 1 saturated carbocycles. The minimum absolute atomic E-state index is 0.283. The summed E-state index contributed by atoms with van der Waals surface area (Å²) in [7, 11) is 1.69. The number of aromatic nitrogens is 1. The van der Waals surface area contributed by atoms with Crippen molar-refractivity contribution in [1.82, 2.24) is 4.98 Å². The number of rotatable bonds is 7. The molecule has 0 atom stereocenters. The van der Waals surface area contributed by atoms with Gasteiger partial charge in [0.25, 0.3) is 0 Å². The molecule has 3 aromatic rings. The summed E-state index contributed by atoms with van der Waals surface area (Å²) in [4.78, 5) is 6.76. The van der Waals surface area contributed by atoms with Gasteiger partial charge in [-0.1, -0.05) is 24.3 Å². The van der Waals surface area contributed by atoms with Gasteiger partial charge in [-0.2, -0.15) is 0 Å². The van der Waals surface area contributed by atoms with Crippen molar-refractivity contribution >= 4 is 11.4 Å². The van der Waals surface area contributed by atoms with Crippen molar-refractivity contribution in [2.45, 2.75) is 38.3 Å². The van der Waals surface area contributed by atoms with E-state index in [9.17, 15) is 0 Å². The molecular weight excluding hydrogens is 348 g/mol. The molecule has 0 saturated heterocycles. The maximum Gasteiger partial charge on any atom is 0.163 e. The van der Waals surface area contributed by atoms with Gasteiger partial charge in [0.2, 0.25) is 0 Å². The number of pyridine rings is 1. The van der Waals surface area contributed by atoms with Gasteiger partial charge in [0.1, 0.15) is 0 Å². The van der Waals surface area contributed by atoms with Gasteiger partial charge in [-0.25, -0.2) is 0 Å². The summed E-state index contributed by atoms with van der Waals surface area (Å²) < 4.78 is 11.9. The van der Waals surface area contributed by atoms with Crippen molar-refractivity contribution in [3.63, 3.8) is 0 Å². The van der Waals surface area contributed by atoms with Crippen LogP contribution in [-0.2, 0) is 6.54 Å². The molecule has 4 rings (SSSR count). The average Bonchev–Trinajstić information content (AvgIpc) is 3.26. The van der Waals surface area contributed by atoms with Crippen LogP contribution in [0.2, 0.25) is 0 Å². The molecule has 0 N–H and O–H groups in total. The summed E-state index contributed by atoms with van der Waals surface area (Å²) in [6.07, 6.45) is 6.82. The molecule has 1 fully saturated rings. The van der Waals surface area contributed by atoms with E-state index in [-0.39, 0.29) is 6.10 Å². The monoisotopic (exact) mass is 374 g/mol. The van der Waals surface area contributed by atoms with Crippen LogP contribution >= 0.6 is 0 Å². The molecule has 144 valence electrons. The molecule has 1 heterocycles. The van der Waals surface area contributed by atoms with Gasteiger partial charge in [-0.05, 0) is 62.1 Å². The van der Waals surface area contributed by atoms with Crippen molar-refractivity contribution in [3.05, 3.63) is 78.6 Å². The highest BCUT2D eigenvalue weighted by atomic mass is 16.5. The molecule has 0 bridgehead atoms. The number of nitrogens with zero attached hydrogens (tertiary/aromatic N) is 2. The molecule has 1 aromatic heterocycles. The van der Waals surface area contributed by atoms with Crippen LogP contribution in [0.5, 0.6) is 11.5 Å². The Labute approximate surface area is 166 Å². The van der Waals surface area contributed by atoms with E-state index in [1.807, 2.05) is 30.5 Å². The topological polar surface area (TPSA) is 34.6 Å². The lowest BCUT2D eigenvalue weighted by Gasteiger charge is -2.26. The van der Waals surface area contributed by atoms with Crippen LogP contribution in [0.15, 0.2) is 72.9 Å². The smallest absolute Gasteiger partial charge is 0.163 e. The Morgan fingerprint density at radius 2 is 1.68 bits per heavy atom. The zero-order valence-corrected chi connectivity index (χ0v) is 16.3. The van der Waals surface area contributed by atoms with Crippen LogP contribution in [0.3, 0.4) is 0 Å². The lowest BCUT2D eigenvalue weighted by Crippen LogP contribution is -2.18. The third kappa shape index (κ3) is 4.28. The largest absolute Gasteiger partial charge is 0.493 e. The Morgan fingerprint density at radius 1 is 0.893 bits per heavy atom. The minimum Gasteiger partial charge on any atom is -0.493 e. The lowest BCUT2D eigenvalue weighted by molar-refractivity contribution is 0.201. The second kappa shape index (κ2) is 8.79. The van der Waals surface area contributed by atoms with E-state index in [2.05, 4.69) is 52.3 Å². The first-order valence-corrected chi connectivity index (χ1v) is 9.90. The van der Waals surface area contributed by atoms with Crippen molar-refractivity contribution < 1.29 is 9.47 Å². The summed E-state index contributed by atoms with van der Waals surface area (Å²) in [6.45, 7) is 0.681. The Morgan fingerprint density at radius 3 is 2.39 bits per heavy atom. The number of methoxy groups -OCH3 is 1. The number of para-hydroxylation sites is 1. The molecule has 0 amide bonds. The molecule has 0 aliphatic heterocycles. The van der Waals surface area contributed by atoms with Crippen molar-refractivity contribution in [3.8, 4) is 11.5 Å². The summed E-state index contributed by atoms with van der Waals surface area (Å²) in [5.74, 6) is 1.59. The Kier molecular flexibility index (Phi) is 5.76. The summed E-state index contributed by atoms with van der Waals surface area (Å²) in [6, 6.07) is 22.6. The fourth-order valence-electron chi connectivity index (χ4n) is 3.70. The molecule has 0 unspecified atom stereocenters. The van der Waals surface area contributed by atoms with Gasteiger partial charge in [0.05, 0.1) is 25.5 Å². The molecule has 28 heavy (non-hydrogen) atoms. The van der Waals surface area contributed by atoms with E-state index in [4.69, 9.17) is 9.47 Å². The second-order valence-corrected chi connectivity index (χ2v) is 7.10. The van der Waals surface area contributed by atoms with Crippen molar-refractivity contribution in [2.75, 3.05) is 12.0 Å². The zero-order valence-electron chi connectivity index (χ0n) is 16.3. The highest BCUT2D eigenvalue weighted by Gasteiger charge is 2.20. The fourth-order valence-corrected chi connectivity index (χ4v) is 3.70. The van der Waals surface area contributed by atoms with E-state index in [0.717, 1.165) is 41.4 Å². The number of anilines is 2. The minimum atomic E-state index is 0.283. The van der Waals surface area contributed by atoms with E-state index in [1.54, 1.807) is 7.11 Å². The average molecular weight is 374 g/mol. The first kappa shape index (κ1) is 18.4. The van der Waals surface area contributed by atoms with E-state index in [0.29, 0.717) is 6.54 Å². The molecule has 1 aliphatic rings. The predicted octanol–water partition coefficient (Wildman–Crippen LogP) is 5.75. The third-order valence-corrected chi connectivity index (χ3v) is 5.17. The molecule has 4 nitrogen and oxygen atoms in total. The van der Waals surface area contributed by atoms with E-state index < -0.39 is 0 Å². The van der Waals surface area contributed by atoms with Gasteiger partial charge in [0.15, 0.2) is 11.5 Å². The van der Waals surface area contributed by atoms with E-state index >= 15 is 0 Å². The molecule has 4 heteroatoms. The van der Waals surface area contributed by atoms with Crippen LogP contribution in [-0.4, -0.2) is 18.2 Å². The Hall–Kier alpha value is -3.01. The van der Waals surface area contributed by atoms with Crippen LogP contribution in [0.25, 0.3) is 0 Å². The number of hydrogen-bond acceptors (Lipinski definition) is 4. The number of hydrogen-bond donors (Lipinski definition) is 0. The lowest BCUT2D eigenvalue weighted by atomic mass is 10.2. The SMILES string of the molecule is COc1ccc(N(Cc2ccccn2)c2ccccc2)cc1OC1CCCC1. The van der Waals surface area contributed by atoms with Gasteiger partial charge < -0.3 is 14.4 Å². The van der Waals surface area contributed by atoms with Crippen LogP contribution in [0.4, 0.5) is 11.4 Å². The van der Waals surface area contributed by atoms with Gasteiger partial charge in [0, 0.05) is 23.6 Å². The predicted molar refractivity (Wildman–Crippen MR) is 112 cm³/mol. The van der Waals surface area contributed by atoms with Crippen molar-refractivity contribution in [1.29, 1.82) is 0 Å². The van der Waals surface area contributed by atoms with Gasteiger partial charge in [-0.3, -0.25) is 4.98 Å². The van der Waals surface area contributed by atoms with Crippen LogP contribution in [0.1, 0.15) is 31.4 Å². The highest BCUT2D eigenvalue weighted by Crippen LogP contribution is 2.37. The standard InChI is InChI=1S/C24H26N2O2/c1-27-23-15-14-21(17-24(23)28-22-12-5-6-13-22)26(20-10-3-2-4-11-20)18-19-9-7-8-16-25-19/h2-4,7-11,14-17,22H,5-6,12-13,18H2,1H3. The second-order valence-electron chi connectivity index (χ2n) is 7.10. The molecular formula is C24H26N2O2. The summed E-state index contributed by atoms with van der Waals surface area (Å²) in [5.41, 5.74) is 3.19. The maximum absolute atomic E-state index is 6.31. The highest BCUT2D eigenvalue weighted by molar-refractivity contribution is 5.66. The Balaban J connectivity index is 1.68. The first-order valence-electron chi connectivity index (χ1n) is 9.90. The number of ether oxygens (including phenoxy) is 2. The Bertz CT molecular complexity index is 878. The van der Waals surface area contributed by atoms with E-state index in [1.165, 1.54) is 12.8 Å². The van der Waals surface area contributed by atoms with Crippen LogP contribution < -0.4 is 14.4 Å². The summed E-state index contributed by atoms with van der Waals surface area (Å²) >= 11 is 0. The normalized spacial score (nSPS) is 14.0. The van der Waals surface area contributed by atoms with Gasteiger partial charge >= 0.3 is 0 Å². The summed E-state index contributed by atoms with van der Waals surface area (Å²) in [5, 5.41) is 0. The first-order chi connectivity index (χ1) is 13.8. The maximum atomic E-state index is 6.31. The molecule has 1 aliphatic carbocycles. The van der Waals surface area contributed by atoms with Crippen LogP contribution in [0, 0.1) is 0 Å². The third-order valence-electron chi connectivity index (χ3n) is 5.17. The fraction of sp³-hybridized carbons (Fsp3) is 0.292.